The van der Waals surface area contributed by atoms with Crippen LogP contribution in [-0.4, -0.2) is 48.6 Å². The molecule has 1 heterocycles. The van der Waals surface area contributed by atoms with Crippen molar-refractivity contribution in [1.82, 2.24) is 4.90 Å². The minimum atomic E-state index is -2.94. The molecule has 48 heavy (non-hydrogen) atoms. The van der Waals surface area contributed by atoms with Crippen LogP contribution in [0.4, 0.5) is 17.6 Å². The lowest BCUT2D eigenvalue weighted by Gasteiger charge is -2.27. The van der Waals surface area contributed by atoms with E-state index in [2.05, 4.69) is 14.5 Å². The quantitative estimate of drug-likeness (QED) is 0.118. The van der Waals surface area contributed by atoms with Crippen molar-refractivity contribution >= 4 is 23.4 Å². The lowest BCUT2D eigenvalue weighted by Crippen LogP contribution is -2.41. The zero-order valence-electron chi connectivity index (χ0n) is 26.8. The number of alkyl halides is 4. The van der Waals surface area contributed by atoms with Crippen LogP contribution in [0.15, 0.2) is 89.9 Å². The van der Waals surface area contributed by atoms with Gasteiger partial charge in [-0.15, -0.1) is 0 Å². The van der Waals surface area contributed by atoms with E-state index < -0.39 is 30.3 Å². The fourth-order valence-corrected chi connectivity index (χ4v) is 5.22. The van der Waals surface area contributed by atoms with Gasteiger partial charge in [0.05, 0.1) is 0 Å². The van der Waals surface area contributed by atoms with E-state index in [9.17, 15) is 31.9 Å². The number of amides is 1. The van der Waals surface area contributed by atoms with E-state index in [-0.39, 0.29) is 28.9 Å². The van der Waals surface area contributed by atoms with Crippen molar-refractivity contribution in [3.05, 3.63) is 129 Å². The minimum absolute atomic E-state index is 0.0189. The number of benzene rings is 4. The Bertz CT molecular complexity index is 1900. The molecule has 4 aromatic rings. The minimum Gasteiger partial charge on any atom is -0.435 e. The summed E-state index contributed by atoms with van der Waals surface area (Å²) in [5, 5.41) is 0. The maximum atomic E-state index is 13.1. The Balaban J connectivity index is 0.000000220. The highest BCUT2D eigenvalue weighted by molar-refractivity contribution is 6.49. The van der Waals surface area contributed by atoms with E-state index in [1.807, 2.05) is 38.1 Å². The van der Waals surface area contributed by atoms with Gasteiger partial charge in [0.25, 0.3) is 5.91 Å². The van der Waals surface area contributed by atoms with Crippen molar-refractivity contribution in [2.75, 3.05) is 7.05 Å². The summed E-state index contributed by atoms with van der Waals surface area (Å²) in [6, 6.07) is 22.7. The van der Waals surface area contributed by atoms with E-state index in [0.29, 0.717) is 27.8 Å². The van der Waals surface area contributed by atoms with E-state index in [1.54, 1.807) is 50.4 Å². The summed E-state index contributed by atoms with van der Waals surface area (Å²) in [6.45, 7) is 1.06. The number of halogens is 4. The number of aliphatic imine (C=N–C) groups is 1. The first-order chi connectivity index (χ1) is 22.6. The number of hydrogen-bond donors (Lipinski definition) is 1. The third kappa shape index (κ3) is 7.54. The maximum Gasteiger partial charge on any atom is 0.387 e. The second kappa shape index (κ2) is 14.5. The fraction of sp³-hybridized carbons (Fsp3) is 0.222. The van der Waals surface area contributed by atoms with Crippen molar-refractivity contribution in [3.63, 3.8) is 0 Å². The summed E-state index contributed by atoms with van der Waals surface area (Å²) in [4.78, 5) is 43.2. The van der Waals surface area contributed by atoms with Gasteiger partial charge >= 0.3 is 13.2 Å². The topological polar surface area (TPSA) is 111 Å². The number of ketones is 2. The summed E-state index contributed by atoms with van der Waals surface area (Å²) >= 11 is 0. The predicted molar refractivity (Wildman–Crippen MR) is 172 cm³/mol. The Hall–Kier alpha value is -5.52. The highest BCUT2D eigenvalue weighted by Crippen LogP contribution is 2.41. The summed E-state index contributed by atoms with van der Waals surface area (Å²) in [6.07, 6.45) is 0. The van der Waals surface area contributed by atoms with Gasteiger partial charge in [0.15, 0.2) is 11.5 Å². The van der Waals surface area contributed by atoms with Crippen LogP contribution < -0.4 is 15.2 Å². The normalized spacial score (nSPS) is 15.6. The molecule has 4 aromatic carbocycles. The van der Waals surface area contributed by atoms with Gasteiger partial charge in [0, 0.05) is 18.2 Å². The molecule has 1 aliphatic heterocycles. The second-order valence-corrected chi connectivity index (χ2v) is 11.2. The zero-order valence-corrected chi connectivity index (χ0v) is 26.8. The molecule has 0 aromatic heterocycles. The summed E-state index contributed by atoms with van der Waals surface area (Å²) in [7, 11) is 1.56. The van der Waals surface area contributed by atoms with Gasteiger partial charge in [-0.3, -0.25) is 19.3 Å². The van der Waals surface area contributed by atoms with Gasteiger partial charge in [-0.05, 0) is 86.3 Å². The van der Waals surface area contributed by atoms with Crippen LogP contribution in [0.25, 0.3) is 0 Å². The number of rotatable bonds is 9. The number of carbonyl (C=O) groups is 3. The van der Waals surface area contributed by atoms with Crippen molar-refractivity contribution in [3.8, 4) is 11.5 Å². The molecular formula is C36H33F4N3O5. The predicted octanol–water partition coefficient (Wildman–Crippen LogP) is 6.91. The highest BCUT2D eigenvalue weighted by Gasteiger charge is 2.49. The number of guanidine groups is 1. The average Bonchev–Trinajstić information content (AvgIpc) is 3.26. The van der Waals surface area contributed by atoms with Crippen molar-refractivity contribution in [2.24, 2.45) is 10.7 Å². The first kappa shape index (κ1) is 35.3. The Morgan fingerprint density at radius 2 is 1.21 bits per heavy atom. The molecule has 1 atom stereocenters. The highest BCUT2D eigenvalue weighted by atomic mass is 19.3. The largest absolute Gasteiger partial charge is 0.435 e. The van der Waals surface area contributed by atoms with Gasteiger partial charge in [-0.1, -0.05) is 59.7 Å². The SMILES string of the molecule is Cc1cccc(C(=O)C(=O)c2ccc(OC(F)F)c(C)c2)c1.Cc1cccc(C2(c3ccc(OC(F)F)c(C)c3)N=C(N)N(C)C2=O)c1. The Morgan fingerprint density at radius 3 is 1.69 bits per heavy atom. The second-order valence-electron chi connectivity index (χ2n) is 11.2. The molecule has 1 unspecified atom stereocenters. The molecule has 2 N–H and O–H groups in total. The molecule has 250 valence electrons. The van der Waals surface area contributed by atoms with Crippen LogP contribution in [0.2, 0.25) is 0 Å². The fourth-order valence-electron chi connectivity index (χ4n) is 5.22. The molecule has 0 bridgehead atoms. The van der Waals surface area contributed by atoms with Gasteiger partial charge in [-0.25, -0.2) is 4.99 Å². The molecule has 8 nitrogen and oxygen atoms in total. The van der Waals surface area contributed by atoms with E-state index in [1.165, 1.54) is 36.1 Å². The average molecular weight is 664 g/mol. The van der Waals surface area contributed by atoms with E-state index in [4.69, 9.17) is 5.73 Å². The van der Waals surface area contributed by atoms with E-state index >= 15 is 0 Å². The number of Topliss-reactive ketones (excluding diaryl/α,β-unsaturated/α-hetero) is 2. The molecule has 0 aliphatic carbocycles. The Kier molecular flexibility index (Phi) is 10.7. The molecule has 1 aliphatic rings. The summed E-state index contributed by atoms with van der Waals surface area (Å²) < 4.78 is 58.3. The molecular weight excluding hydrogens is 630 g/mol. The Morgan fingerprint density at radius 1 is 0.708 bits per heavy atom. The molecule has 0 saturated carbocycles. The van der Waals surface area contributed by atoms with Crippen LogP contribution in [-0.2, 0) is 10.3 Å². The smallest absolute Gasteiger partial charge is 0.387 e. The van der Waals surface area contributed by atoms with Gasteiger partial charge in [0.1, 0.15) is 11.5 Å². The third-order valence-corrected chi connectivity index (χ3v) is 7.62. The maximum absolute atomic E-state index is 13.1. The van der Waals surface area contributed by atoms with Gasteiger partial charge < -0.3 is 15.2 Å². The first-order valence-corrected chi connectivity index (χ1v) is 14.6. The monoisotopic (exact) mass is 663 g/mol. The van der Waals surface area contributed by atoms with Crippen LogP contribution in [0, 0.1) is 27.7 Å². The molecule has 1 amide bonds. The molecule has 0 spiro atoms. The zero-order chi connectivity index (χ0) is 35.3. The number of likely N-dealkylation sites (N-methyl/N-ethyl adjacent to an activating group) is 1. The summed E-state index contributed by atoms with van der Waals surface area (Å²) in [5.41, 5.74) is 8.90. The molecule has 0 saturated heterocycles. The van der Waals surface area contributed by atoms with Gasteiger partial charge in [-0.2, -0.15) is 17.6 Å². The van der Waals surface area contributed by atoms with Crippen LogP contribution in [0.3, 0.4) is 0 Å². The van der Waals surface area contributed by atoms with Crippen LogP contribution >= 0.6 is 0 Å². The molecule has 12 heteroatoms. The van der Waals surface area contributed by atoms with Crippen molar-refractivity contribution < 1.29 is 41.4 Å². The number of carbonyl (C=O) groups excluding carboxylic acids is 3. The first-order valence-electron chi connectivity index (χ1n) is 14.6. The molecule has 0 fully saturated rings. The summed E-state index contributed by atoms with van der Waals surface area (Å²) in [5.74, 6) is -1.49. The number of hydrogen-bond acceptors (Lipinski definition) is 7. The van der Waals surface area contributed by atoms with Crippen molar-refractivity contribution in [1.29, 1.82) is 0 Å². The number of nitrogens with two attached hydrogens (primary N) is 1. The van der Waals surface area contributed by atoms with Crippen molar-refractivity contribution in [2.45, 2.75) is 46.5 Å². The third-order valence-electron chi connectivity index (χ3n) is 7.62. The molecule has 0 radical (unpaired) electrons. The van der Waals surface area contributed by atoms with Crippen LogP contribution in [0.5, 0.6) is 11.5 Å². The number of nitrogens with zero attached hydrogens (tertiary/aromatic N) is 2. The number of ether oxygens (including phenoxy) is 2. The molecule has 5 rings (SSSR count). The van der Waals surface area contributed by atoms with E-state index in [0.717, 1.165) is 11.1 Å². The number of aryl methyl sites for hydroxylation is 4. The van der Waals surface area contributed by atoms with Gasteiger partial charge in [0.2, 0.25) is 11.6 Å². The lowest BCUT2D eigenvalue weighted by atomic mass is 9.81. The lowest BCUT2D eigenvalue weighted by molar-refractivity contribution is -0.129. The Labute approximate surface area is 274 Å². The standard InChI is InChI=1S/C19H19F2N3O2.C17H14F2O3/c1-11-5-4-6-13(9-11)19(16(25)24(3)18(22)23-19)14-7-8-15(12(2)10-14)26-17(20)21;1-10-4-3-5-12(8-10)15(20)16(21)13-6-7-14(11(2)9-13)22-17(18)19/h4-10,17H,1-3H3,(H2,22,23);3-9,17H,1-2H3. The van der Waals surface area contributed by atoms with Crippen LogP contribution in [0.1, 0.15) is 54.1 Å².